The zero-order valence-electron chi connectivity index (χ0n) is 7.24. The highest BCUT2D eigenvalue weighted by Crippen LogP contribution is 2.13. The molecule has 0 amide bonds. The molecule has 4 N–H and O–H groups in total. The molecule has 0 saturated heterocycles. The highest BCUT2D eigenvalue weighted by atomic mass is 19.3. The molecule has 0 bridgehead atoms. The first kappa shape index (κ1) is 10.6. The van der Waals surface area contributed by atoms with E-state index in [1.165, 1.54) is 12.4 Å². The molecule has 5 nitrogen and oxygen atoms in total. The summed E-state index contributed by atoms with van der Waals surface area (Å²) in [6, 6.07) is 0. The Hall–Kier alpha value is -1.50. The van der Waals surface area contributed by atoms with Gasteiger partial charge in [-0.2, -0.15) is 0 Å². The number of aliphatic hydroxyl groups excluding tert-OH is 1. The molecular formula is C7H10F2N4O. The lowest BCUT2D eigenvalue weighted by Gasteiger charge is -2.13. The SMILES string of the molecule is Nc1cncc(NCC(F)(F)CO)n1. The van der Waals surface area contributed by atoms with Gasteiger partial charge in [-0.3, -0.25) is 4.98 Å². The van der Waals surface area contributed by atoms with Gasteiger partial charge in [0.25, 0.3) is 5.92 Å². The number of rotatable bonds is 4. The minimum atomic E-state index is -3.17. The van der Waals surface area contributed by atoms with E-state index >= 15 is 0 Å². The molecule has 7 heteroatoms. The lowest BCUT2D eigenvalue weighted by molar-refractivity contribution is -0.0373. The van der Waals surface area contributed by atoms with E-state index in [2.05, 4.69) is 15.3 Å². The molecule has 1 aromatic heterocycles. The van der Waals surface area contributed by atoms with Crippen LogP contribution in [0.15, 0.2) is 12.4 Å². The molecule has 14 heavy (non-hydrogen) atoms. The second-order valence-electron chi connectivity index (χ2n) is 2.70. The number of alkyl halides is 2. The molecular weight excluding hydrogens is 194 g/mol. The van der Waals surface area contributed by atoms with Crippen molar-refractivity contribution in [3.63, 3.8) is 0 Å². The van der Waals surface area contributed by atoms with Crippen molar-refractivity contribution in [2.45, 2.75) is 5.92 Å². The molecule has 78 valence electrons. The Balaban J connectivity index is 2.54. The van der Waals surface area contributed by atoms with Crippen LogP contribution in [0.2, 0.25) is 0 Å². The van der Waals surface area contributed by atoms with E-state index < -0.39 is 19.1 Å². The van der Waals surface area contributed by atoms with Crippen LogP contribution in [-0.2, 0) is 0 Å². The van der Waals surface area contributed by atoms with Crippen LogP contribution in [0.25, 0.3) is 0 Å². The molecule has 0 fully saturated rings. The Morgan fingerprint density at radius 2 is 2.21 bits per heavy atom. The third-order valence-electron chi connectivity index (χ3n) is 1.41. The topological polar surface area (TPSA) is 84.1 Å². The van der Waals surface area contributed by atoms with Crippen LogP contribution in [0.5, 0.6) is 0 Å². The summed E-state index contributed by atoms with van der Waals surface area (Å²) in [4.78, 5) is 7.35. The summed E-state index contributed by atoms with van der Waals surface area (Å²) >= 11 is 0. The van der Waals surface area contributed by atoms with E-state index in [-0.39, 0.29) is 11.6 Å². The van der Waals surface area contributed by atoms with Gasteiger partial charge < -0.3 is 16.2 Å². The quantitative estimate of drug-likeness (QED) is 0.647. The highest BCUT2D eigenvalue weighted by molar-refractivity contribution is 5.38. The zero-order chi connectivity index (χ0) is 10.6. The number of nitrogens with two attached hydrogens (primary N) is 1. The average Bonchev–Trinajstić information content (AvgIpc) is 2.15. The molecule has 0 aliphatic heterocycles. The fourth-order valence-electron chi connectivity index (χ4n) is 0.742. The van der Waals surface area contributed by atoms with Crippen molar-refractivity contribution in [3.05, 3.63) is 12.4 Å². The minimum absolute atomic E-state index is 0.141. The summed E-state index contributed by atoms with van der Waals surface area (Å²) in [7, 11) is 0. The second-order valence-corrected chi connectivity index (χ2v) is 2.70. The predicted molar refractivity (Wildman–Crippen MR) is 47.0 cm³/mol. The maximum absolute atomic E-state index is 12.5. The number of halogens is 2. The Bertz CT molecular complexity index is 307. The molecule has 0 aliphatic carbocycles. The number of nitrogen functional groups attached to an aromatic ring is 1. The van der Waals surface area contributed by atoms with Crippen LogP contribution < -0.4 is 11.1 Å². The van der Waals surface area contributed by atoms with Gasteiger partial charge in [-0.1, -0.05) is 0 Å². The van der Waals surface area contributed by atoms with Gasteiger partial charge in [-0.05, 0) is 0 Å². The van der Waals surface area contributed by atoms with Gasteiger partial charge in [0.15, 0.2) is 0 Å². The van der Waals surface area contributed by atoms with Crippen molar-refractivity contribution in [1.82, 2.24) is 9.97 Å². The Morgan fingerprint density at radius 1 is 1.50 bits per heavy atom. The van der Waals surface area contributed by atoms with Crippen LogP contribution in [-0.4, -0.2) is 34.1 Å². The van der Waals surface area contributed by atoms with Crippen LogP contribution in [0, 0.1) is 0 Å². The standard InChI is InChI=1S/C7H10F2N4O/c8-7(9,4-14)3-12-6-2-11-1-5(10)13-6/h1-2,14H,3-4H2,(H3,10,12,13). The summed E-state index contributed by atoms with van der Waals surface area (Å²) in [5.74, 6) is -2.88. The summed E-state index contributed by atoms with van der Waals surface area (Å²) in [6.45, 7) is -1.92. The van der Waals surface area contributed by atoms with Crippen molar-refractivity contribution in [2.24, 2.45) is 0 Å². The van der Waals surface area contributed by atoms with Crippen molar-refractivity contribution in [2.75, 3.05) is 24.2 Å². The van der Waals surface area contributed by atoms with Crippen molar-refractivity contribution in [1.29, 1.82) is 0 Å². The fourth-order valence-corrected chi connectivity index (χ4v) is 0.742. The fraction of sp³-hybridized carbons (Fsp3) is 0.429. The summed E-state index contributed by atoms with van der Waals surface area (Å²) in [6.07, 6.45) is 2.57. The van der Waals surface area contributed by atoms with Gasteiger partial charge in [0.1, 0.15) is 18.2 Å². The van der Waals surface area contributed by atoms with Crippen molar-refractivity contribution in [3.8, 4) is 0 Å². The van der Waals surface area contributed by atoms with Gasteiger partial charge in [-0.15, -0.1) is 0 Å². The van der Waals surface area contributed by atoms with Gasteiger partial charge in [-0.25, -0.2) is 13.8 Å². The lowest BCUT2D eigenvalue weighted by Crippen LogP contribution is -2.31. The molecule has 0 saturated carbocycles. The third-order valence-corrected chi connectivity index (χ3v) is 1.41. The summed E-state index contributed by atoms with van der Waals surface area (Å²) in [5.41, 5.74) is 5.28. The number of anilines is 2. The molecule has 1 rings (SSSR count). The minimum Gasteiger partial charge on any atom is -0.390 e. The lowest BCUT2D eigenvalue weighted by atomic mass is 10.3. The highest BCUT2D eigenvalue weighted by Gasteiger charge is 2.27. The molecule has 0 radical (unpaired) electrons. The third kappa shape index (κ3) is 3.09. The number of aliphatic hydroxyl groups is 1. The monoisotopic (exact) mass is 204 g/mol. The van der Waals surface area contributed by atoms with Gasteiger partial charge in [0.05, 0.1) is 18.9 Å². The van der Waals surface area contributed by atoms with Gasteiger partial charge in [0.2, 0.25) is 0 Å². The maximum atomic E-state index is 12.5. The van der Waals surface area contributed by atoms with E-state index in [0.29, 0.717) is 0 Å². The first-order valence-corrected chi connectivity index (χ1v) is 3.83. The molecule has 1 aromatic rings. The van der Waals surface area contributed by atoms with Crippen molar-refractivity contribution < 1.29 is 13.9 Å². The molecule has 0 aliphatic rings. The number of nitrogens with one attached hydrogen (secondary N) is 1. The number of aromatic nitrogens is 2. The number of hydrogen-bond donors (Lipinski definition) is 3. The molecule has 0 spiro atoms. The smallest absolute Gasteiger partial charge is 0.287 e. The largest absolute Gasteiger partial charge is 0.390 e. The van der Waals surface area contributed by atoms with Gasteiger partial charge >= 0.3 is 0 Å². The summed E-state index contributed by atoms with van der Waals surface area (Å²) in [5, 5.41) is 10.6. The van der Waals surface area contributed by atoms with E-state index in [1.54, 1.807) is 0 Å². The molecule has 1 heterocycles. The van der Waals surface area contributed by atoms with Crippen LogP contribution in [0.3, 0.4) is 0 Å². The zero-order valence-corrected chi connectivity index (χ0v) is 7.24. The number of hydrogen-bond acceptors (Lipinski definition) is 5. The van der Waals surface area contributed by atoms with Gasteiger partial charge in [0, 0.05) is 0 Å². The van der Waals surface area contributed by atoms with Crippen LogP contribution in [0.1, 0.15) is 0 Å². The average molecular weight is 204 g/mol. The van der Waals surface area contributed by atoms with Crippen LogP contribution in [0.4, 0.5) is 20.4 Å². The number of nitrogens with zero attached hydrogens (tertiary/aromatic N) is 2. The molecule has 0 unspecified atom stereocenters. The maximum Gasteiger partial charge on any atom is 0.287 e. The van der Waals surface area contributed by atoms with Crippen molar-refractivity contribution >= 4 is 11.6 Å². The first-order valence-electron chi connectivity index (χ1n) is 3.83. The van der Waals surface area contributed by atoms with Crippen LogP contribution >= 0.6 is 0 Å². The van der Waals surface area contributed by atoms with E-state index in [4.69, 9.17) is 10.8 Å². The predicted octanol–water partition coefficient (Wildman–Crippen LogP) is 0.0983. The van der Waals surface area contributed by atoms with E-state index in [9.17, 15) is 8.78 Å². The first-order chi connectivity index (χ1) is 6.53. The normalized spacial score (nSPS) is 11.4. The Labute approximate surface area is 79.0 Å². The second kappa shape index (κ2) is 4.14. The molecule has 0 atom stereocenters. The van der Waals surface area contributed by atoms with E-state index in [0.717, 1.165) is 0 Å². The Kier molecular flexibility index (Phi) is 3.13. The van der Waals surface area contributed by atoms with E-state index in [1.807, 2.05) is 0 Å². The Morgan fingerprint density at radius 3 is 2.79 bits per heavy atom. The summed E-state index contributed by atoms with van der Waals surface area (Å²) < 4.78 is 25.1. The molecule has 0 aromatic carbocycles.